The van der Waals surface area contributed by atoms with E-state index in [2.05, 4.69) is 5.10 Å². The van der Waals surface area contributed by atoms with Crippen LogP contribution >= 0.6 is 23.2 Å². The van der Waals surface area contributed by atoms with E-state index in [0.29, 0.717) is 23.9 Å². The van der Waals surface area contributed by atoms with Crippen molar-refractivity contribution in [2.24, 2.45) is 0 Å². The smallest absolute Gasteiger partial charge is 0.436 e. The highest BCUT2D eigenvalue weighted by Gasteiger charge is 2.39. The molecule has 1 amide bonds. The van der Waals surface area contributed by atoms with Crippen molar-refractivity contribution in [3.8, 4) is 5.75 Å². The number of nitrogens with zero attached hydrogens (tertiary/aromatic N) is 4. The number of carbonyl (C=O) groups is 1. The van der Waals surface area contributed by atoms with E-state index in [9.17, 15) is 23.1 Å². The van der Waals surface area contributed by atoms with E-state index in [1.54, 1.807) is 12.1 Å². The molecule has 2 aromatic rings. The van der Waals surface area contributed by atoms with E-state index in [4.69, 9.17) is 27.9 Å². The number of aliphatic hydroxyl groups is 1. The van der Waals surface area contributed by atoms with Gasteiger partial charge in [-0.25, -0.2) is 0 Å². The van der Waals surface area contributed by atoms with Gasteiger partial charge >= 0.3 is 6.18 Å². The summed E-state index contributed by atoms with van der Waals surface area (Å²) < 4.78 is 45.2. The second-order valence-corrected chi connectivity index (χ2v) is 7.88. The summed E-state index contributed by atoms with van der Waals surface area (Å²) in [5.74, 6) is 0.0492. The third-order valence-electron chi connectivity index (χ3n) is 5.20. The maximum absolute atomic E-state index is 13.0. The molecule has 0 saturated carbocycles. The zero-order valence-electron chi connectivity index (χ0n) is 16.8. The topological polar surface area (TPSA) is 70.8 Å². The third kappa shape index (κ3) is 4.86. The number of methoxy groups -OCH3 is 1. The van der Waals surface area contributed by atoms with Gasteiger partial charge in [-0.15, -0.1) is 0 Å². The summed E-state index contributed by atoms with van der Waals surface area (Å²) in [5.41, 5.74) is -0.356. The number of ether oxygens (including phenoxy) is 1. The first-order valence-corrected chi connectivity index (χ1v) is 10.1. The summed E-state index contributed by atoms with van der Waals surface area (Å²) in [7, 11) is 1.51. The molecule has 1 aromatic carbocycles. The molecule has 1 aliphatic heterocycles. The van der Waals surface area contributed by atoms with Crippen molar-refractivity contribution in [1.82, 2.24) is 14.7 Å². The molecule has 0 radical (unpaired) electrons. The second-order valence-electron chi connectivity index (χ2n) is 7.09. The number of aliphatic hydroxyl groups excluding tert-OH is 1. The molecule has 0 aliphatic carbocycles. The molecule has 31 heavy (non-hydrogen) atoms. The van der Waals surface area contributed by atoms with Crippen molar-refractivity contribution >= 4 is 34.8 Å². The SMILES string of the molecule is COc1cc(N2CCN(C(=O)Cn3nc(C(F)(F)F)c(Cl)c3C)[C@H](CO)C2)ccc1Cl. The summed E-state index contributed by atoms with van der Waals surface area (Å²) in [6.07, 6.45) is -4.71. The fourth-order valence-corrected chi connectivity index (χ4v) is 3.94. The highest BCUT2D eigenvalue weighted by Crippen LogP contribution is 2.35. The van der Waals surface area contributed by atoms with Gasteiger partial charge in [0.05, 0.1) is 35.5 Å². The van der Waals surface area contributed by atoms with E-state index in [0.717, 1.165) is 10.4 Å². The van der Waals surface area contributed by atoms with Crippen LogP contribution in [0.15, 0.2) is 18.2 Å². The number of aromatic nitrogens is 2. The maximum Gasteiger partial charge on any atom is 0.436 e. The standard InChI is InChI=1S/C19H21Cl2F3N4O3/c1-11-17(21)18(19(22,23)24)25-28(11)9-16(30)27-6-5-26(8-13(27)10-29)12-3-4-14(20)15(7-12)31-2/h3-4,7,13,29H,5-6,8-10H2,1-2H3/t13-/m0/s1. The average Bonchev–Trinajstić information content (AvgIpc) is 3.02. The van der Waals surface area contributed by atoms with E-state index < -0.39 is 35.4 Å². The predicted molar refractivity (Wildman–Crippen MR) is 110 cm³/mol. The van der Waals surface area contributed by atoms with Crippen molar-refractivity contribution in [2.75, 3.05) is 38.3 Å². The Morgan fingerprint density at radius 2 is 2.03 bits per heavy atom. The van der Waals surface area contributed by atoms with Gasteiger partial charge < -0.3 is 19.6 Å². The van der Waals surface area contributed by atoms with Gasteiger partial charge in [0.1, 0.15) is 12.3 Å². The molecular formula is C19H21Cl2F3N4O3. The number of anilines is 1. The molecule has 1 N–H and O–H groups in total. The Hall–Kier alpha value is -2.17. The first kappa shape index (κ1) is 23.5. The third-order valence-corrected chi connectivity index (χ3v) is 5.97. The lowest BCUT2D eigenvalue weighted by molar-refractivity contribution is -0.142. The lowest BCUT2D eigenvalue weighted by atomic mass is 10.1. The van der Waals surface area contributed by atoms with E-state index in [1.165, 1.54) is 18.9 Å². The molecule has 170 valence electrons. The molecule has 0 unspecified atom stereocenters. The van der Waals surface area contributed by atoms with Crippen LogP contribution < -0.4 is 9.64 Å². The first-order valence-electron chi connectivity index (χ1n) is 9.35. The summed E-state index contributed by atoms with van der Waals surface area (Å²) in [6, 6.07) is 4.73. The zero-order chi connectivity index (χ0) is 22.9. The maximum atomic E-state index is 13.0. The number of carbonyl (C=O) groups excluding carboxylic acids is 1. The molecule has 3 rings (SSSR count). The minimum absolute atomic E-state index is 0.0507. The fourth-order valence-electron chi connectivity index (χ4n) is 3.50. The summed E-state index contributed by atoms with van der Waals surface area (Å²) >= 11 is 11.8. The molecule has 1 aliphatic rings. The molecule has 1 atom stereocenters. The molecule has 1 saturated heterocycles. The van der Waals surface area contributed by atoms with Crippen LogP contribution in [-0.4, -0.2) is 65.1 Å². The van der Waals surface area contributed by atoms with E-state index in [1.807, 2.05) is 11.0 Å². The van der Waals surface area contributed by atoms with Crippen molar-refractivity contribution in [3.63, 3.8) is 0 Å². The molecular weight excluding hydrogens is 460 g/mol. The Morgan fingerprint density at radius 1 is 1.32 bits per heavy atom. The van der Waals surface area contributed by atoms with Gasteiger partial charge in [0.2, 0.25) is 5.91 Å². The van der Waals surface area contributed by atoms with Gasteiger partial charge in [-0.1, -0.05) is 23.2 Å². The fraction of sp³-hybridized carbons (Fsp3) is 0.474. The molecule has 1 fully saturated rings. The van der Waals surface area contributed by atoms with Gasteiger partial charge in [-0.05, 0) is 19.1 Å². The first-order chi connectivity index (χ1) is 14.6. The molecule has 0 spiro atoms. The minimum atomic E-state index is -4.71. The molecule has 1 aromatic heterocycles. The van der Waals surface area contributed by atoms with Crippen LogP contribution in [0.4, 0.5) is 18.9 Å². The average molecular weight is 481 g/mol. The van der Waals surface area contributed by atoms with Crippen molar-refractivity contribution < 1.29 is 27.8 Å². The summed E-state index contributed by atoms with van der Waals surface area (Å²) in [5, 5.41) is 13.2. The van der Waals surface area contributed by atoms with Crippen LogP contribution in [0.2, 0.25) is 10.0 Å². The lowest BCUT2D eigenvalue weighted by Crippen LogP contribution is -2.57. The Kier molecular flexibility index (Phi) is 6.92. The highest BCUT2D eigenvalue weighted by molar-refractivity contribution is 6.32. The Labute approximate surface area is 186 Å². The number of piperazine rings is 1. The Bertz CT molecular complexity index is 968. The number of benzene rings is 1. The van der Waals surface area contributed by atoms with Gasteiger partial charge in [0, 0.05) is 31.4 Å². The van der Waals surface area contributed by atoms with E-state index in [-0.39, 0.29) is 18.8 Å². The second kappa shape index (κ2) is 9.13. The lowest BCUT2D eigenvalue weighted by Gasteiger charge is -2.41. The largest absolute Gasteiger partial charge is 0.495 e. The van der Waals surface area contributed by atoms with Crippen LogP contribution in [0.3, 0.4) is 0 Å². The van der Waals surface area contributed by atoms with E-state index >= 15 is 0 Å². The van der Waals surface area contributed by atoms with Crippen molar-refractivity contribution in [3.05, 3.63) is 39.6 Å². The van der Waals surface area contributed by atoms with Gasteiger partial charge in [0.15, 0.2) is 5.69 Å². The number of rotatable bonds is 5. The summed E-state index contributed by atoms with van der Waals surface area (Å²) in [6.45, 7) is 1.72. The van der Waals surface area contributed by atoms with Crippen molar-refractivity contribution in [1.29, 1.82) is 0 Å². The molecule has 7 nitrogen and oxygen atoms in total. The van der Waals surface area contributed by atoms with Crippen LogP contribution in [0.5, 0.6) is 5.75 Å². The van der Waals surface area contributed by atoms with Gasteiger partial charge in [0.25, 0.3) is 0 Å². The van der Waals surface area contributed by atoms with Crippen LogP contribution in [0.1, 0.15) is 11.4 Å². The van der Waals surface area contributed by atoms with Crippen molar-refractivity contribution in [2.45, 2.75) is 25.7 Å². The Balaban J connectivity index is 1.74. The minimum Gasteiger partial charge on any atom is -0.495 e. The predicted octanol–water partition coefficient (Wildman–Crippen LogP) is 3.24. The zero-order valence-corrected chi connectivity index (χ0v) is 18.3. The number of alkyl halides is 3. The Morgan fingerprint density at radius 3 is 2.61 bits per heavy atom. The van der Waals surface area contributed by atoms with Gasteiger partial charge in [-0.3, -0.25) is 9.48 Å². The number of halogens is 5. The van der Waals surface area contributed by atoms with Crippen LogP contribution in [0.25, 0.3) is 0 Å². The van der Waals surface area contributed by atoms with Crippen LogP contribution in [0, 0.1) is 6.92 Å². The van der Waals surface area contributed by atoms with Gasteiger partial charge in [-0.2, -0.15) is 18.3 Å². The monoisotopic (exact) mass is 480 g/mol. The van der Waals surface area contributed by atoms with Crippen LogP contribution in [-0.2, 0) is 17.5 Å². The number of hydrogen-bond donors (Lipinski definition) is 1. The summed E-state index contributed by atoms with van der Waals surface area (Å²) in [4.78, 5) is 16.2. The number of amides is 1. The quantitative estimate of drug-likeness (QED) is 0.711. The normalized spacial score (nSPS) is 17.2. The molecule has 2 heterocycles. The molecule has 12 heteroatoms. The number of hydrogen-bond acceptors (Lipinski definition) is 5. The highest BCUT2D eigenvalue weighted by atomic mass is 35.5. The molecule has 0 bridgehead atoms.